The van der Waals surface area contributed by atoms with Crippen molar-refractivity contribution in [2.75, 3.05) is 13.1 Å². The van der Waals surface area contributed by atoms with E-state index >= 15 is 0 Å². The number of H-pyrrole nitrogens is 1. The standard InChI is InChI=1S/C19H23N5O/c1-14-6-10-24(22-14)11-7-18(25)23-9-3-5-16(13-23)17-12-15-4-2-8-20-19(15)21-17/h2,4,6,8,10,12,16H,3,5,7,9,11,13H2,1H3,(H,20,21)/t16-/m0/s1. The Bertz CT molecular complexity index is 848. The van der Waals surface area contributed by atoms with Crippen molar-refractivity contribution < 1.29 is 4.79 Å². The molecule has 6 heteroatoms. The number of nitrogens with zero attached hydrogens (tertiary/aromatic N) is 4. The van der Waals surface area contributed by atoms with Gasteiger partial charge in [-0.05, 0) is 44.0 Å². The summed E-state index contributed by atoms with van der Waals surface area (Å²) >= 11 is 0. The highest BCUT2D eigenvalue weighted by atomic mass is 16.2. The number of nitrogens with one attached hydrogen (secondary N) is 1. The van der Waals surface area contributed by atoms with Crippen LogP contribution in [-0.2, 0) is 11.3 Å². The molecule has 1 aliphatic rings. The van der Waals surface area contributed by atoms with E-state index in [4.69, 9.17) is 0 Å². The van der Waals surface area contributed by atoms with Crippen LogP contribution in [-0.4, -0.2) is 43.6 Å². The minimum absolute atomic E-state index is 0.215. The number of rotatable bonds is 4. The Morgan fingerprint density at radius 3 is 3.12 bits per heavy atom. The fourth-order valence-electron chi connectivity index (χ4n) is 3.61. The SMILES string of the molecule is Cc1ccn(CCC(=O)N2CCC[C@H](c3cc4cccnc4[nH]3)C2)n1. The summed E-state index contributed by atoms with van der Waals surface area (Å²) in [4.78, 5) is 22.4. The van der Waals surface area contributed by atoms with Gasteiger partial charge in [0.2, 0.25) is 5.91 Å². The predicted molar refractivity (Wildman–Crippen MR) is 96.2 cm³/mol. The first-order chi connectivity index (χ1) is 12.2. The molecule has 0 radical (unpaired) electrons. The van der Waals surface area contributed by atoms with Crippen LogP contribution in [0.1, 0.15) is 36.6 Å². The fraction of sp³-hybridized carbons (Fsp3) is 0.421. The molecule has 1 fully saturated rings. The summed E-state index contributed by atoms with van der Waals surface area (Å²) in [5.41, 5.74) is 3.10. The lowest BCUT2D eigenvalue weighted by Gasteiger charge is -2.32. The van der Waals surface area contributed by atoms with Crippen LogP contribution in [0, 0.1) is 6.92 Å². The van der Waals surface area contributed by atoms with Crippen molar-refractivity contribution in [3.8, 4) is 0 Å². The first-order valence-corrected chi connectivity index (χ1v) is 8.90. The number of carbonyl (C=O) groups is 1. The molecule has 0 aromatic carbocycles. The number of hydrogen-bond acceptors (Lipinski definition) is 3. The average molecular weight is 337 g/mol. The quantitative estimate of drug-likeness (QED) is 0.796. The van der Waals surface area contributed by atoms with Gasteiger partial charge in [-0.2, -0.15) is 5.10 Å². The fourth-order valence-corrected chi connectivity index (χ4v) is 3.61. The lowest BCUT2D eigenvalue weighted by atomic mass is 9.94. The molecule has 4 rings (SSSR count). The second-order valence-electron chi connectivity index (χ2n) is 6.82. The van der Waals surface area contributed by atoms with Gasteiger partial charge in [0.25, 0.3) is 0 Å². The Labute approximate surface area is 146 Å². The Balaban J connectivity index is 1.40. The number of hydrogen-bond donors (Lipinski definition) is 1. The van der Waals surface area contributed by atoms with Crippen molar-refractivity contribution in [2.45, 2.75) is 38.6 Å². The molecule has 6 nitrogen and oxygen atoms in total. The summed E-state index contributed by atoms with van der Waals surface area (Å²) in [6, 6.07) is 8.16. The maximum atomic E-state index is 12.6. The number of amides is 1. The van der Waals surface area contributed by atoms with E-state index < -0.39 is 0 Å². The lowest BCUT2D eigenvalue weighted by molar-refractivity contribution is -0.132. The van der Waals surface area contributed by atoms with Crippen LogP contribution in [0.25, 0.3) is 11.0 Å². The number of fused-ring (bicyclic) bond motifs is 1. The van der Waals surface area contributed by atoms with E-state index in [1.54, 1.807) is 6.20 Å². The van der Waals surface area contributed by atoms with Crippen LogP contribution in [0.15, 0.2) is 36.7 Å². The molecule has 1 aliphatic heterocycles. The maximum absolute atomic E-state index is 12.6. The van der Waals surface area contributed by atoms with E-state index in [0.29, 0.717) is 18.9 Å². The molecule has 1 atom stereocenters. The third-order valence-electron chi connectivity index (χ3n) is 4.96. The molecule has 0 bridgehead atoms. The van der Waals surface area contributed by atoms with Crippen LogP contribution in [0.3, 0.4) is 0 Å². The topological polar surface area (TPSA) is 66.8 Å². The van der Waals surface area contributed by atoms with Gasteiger partial charge in [0.15, 0.2) is 0 Å². The normalized spacial score (nSPS) is 18.0. The molecular formula is C19H23N5O. The van der Waals surface area contributed by atoms with Gasteiger partial charge in [0.1, 0.15) is 5.65 Å². The van der Waals surface area contributed by atoms with E-state index in [9.17, 15) is 4.79 Å². The molecule has 4 heterocycles. The van der Waals surface area contributed by atoms with Crippen LogP contribution in [0.5, 0.6) is 0 Å². The molecule has 1 N–H and O–H groups in total. The zero-order valence-corrected chi connectivity index (χ0v) is 14.5. The maximum Gasteiger partial charge on any atom is 0.224 e. The number of pyridine rings is 1. The number of likely N-dealkylation sites (tertiary alicyclic amines) is 1. The van der Waals surface area contributed by atoms with Crippen LogP contribution in [0.4, 0.5) is 0 Å². The van der Waals surface area contributed by atoms with Crippen molar-refractivity contribution in [3.63, 3.8) is 0 Å². The Hall–Kier alpha value is -2.63. The monoisotopic (exact) mass is 337 g/mol. The number of carbonyl (C=O) groups excluding carboxylic acids is 1. The van der Waals surface area contributed by atoms with Crippen molar-refractivity contribution in [3.05, 3.63) is 48.0 Å². The minimum atomic E-state index is 0.215. The van der Waals surface area contributed by atoms with Gasteiger partial charge in [-0.25, -0.2) is 4.98 Å². The number of piperidine rings is 1. The van der Waals surface area contributed by atoms with Gasteiger partial charge in [0.05, 0.1) is 5.69 Å². The van der Waals surface area contributed by atoms with Crippen LogP contribution in [0.2, 0.25) is 0 Å². The van der Waals surface area contributed by atoms with Gasteiger partial charge < -0.3 is 9.88 Å². The zero-order valence-electron chi connectivity index (χ0n) is 14.5. The number of aromatic amines is 1. The van der Waals surface area contributed by atoms with E-state index in [2.05, 4.69) is 27.2 Å². The highest BCUT2D eigenvalue weighted by Crippen LogP contribution is 2.28. The van der Waals surface area contributed by atoms with E-state index in [-0.39, 0.29) is 5.91 Å². The largest absolute Gasteiger partial charge is 0.343 e. The zero-order chi connectivity index (χ0) is 17.2. The van der Waals surface area contributed by atoms with E-state index in [0.717, 1.165) is 42.7 Å². The van der Waals surface area contributed by atoms with Gasteiger partial charge in [0, 0.05) is 55.4 Å². The molecule has 0 spiro atoms. The molecule has 0 saturated carbocycles. The molecule has 25 heavy (non-hydrogen) atoms. The summed E-state index contributed by atoms with van der Waals surface area (Å²) in [6.07, 6.45) is 6.38. The summed E-state index contributed by atoms with van der Waals surface area (Å²) in [5.74, 6) is 0.575. The molecule has 3 aromatic heterocycles. The predicted octanol–water partition coefficient (Wildman–Crippen LogP) is 2.86. The molecule has 0 aliphatic carbocycles. The highest BCUT2D eigenvalue weighted by Gasteiger charge is 2.25. The Morgan fingerprint density at radius 2 is 2.32 bits per heavy atom. The van der Waals surface area contributed by atoms with Crippen molar-refractivity contribution in [1.82, 2.24) is 24.6 Å². The van der Waals surface area contributed by atoms with Gasteiger partial charge >= 0.3 is 0 Å². The van der Waals surface area contributed by atoms with Gasteiger partial charge in [-0.3, -0.25) is 9.48 Å². The second-order valence-corrected chi connectivity index (χ2v) is 6.82. The van der Waals surface area contributed by atoms with Gasteiger partial charge in [-0.1, -0.05) is 0 Å². The molecule has 1 amide bonds. The summed E-state index contributed by atoms with van der Waals surface area (Å²) in [5, 5.41) is 5.48. The summed E-state index contributed by atoms with van der Waals surface area (Å²) < 4.78 is 1.85. The summed E-state index contributed by atoms with van der Waals surface area (Å²) in [6.45, 7) is 4.24. The first-order valence-electron chi connectivity index (χ1n) is 8.90. The average Bonchev–Trinajstić information content (AvgIpc) is 3.25. The van der Waals surface area contributed by atoms with Crippen molar-refractivity contribution in [2.24, 2.45) is 0 Å². The minimum Gasteiger partial charge on any atom is -0.343 e. The Morgan fingerprint density at radius 1 is 1.40 bits per heavy atom. The van der Waals surface area contributed by atoms with Crippen molar-refractivity contribution in [1.29, 1.82) is 0 Å². The smallest absolute Gasteiger partial charge is 0.224 e. The third kappa shape index (κ3) is 3.43. The highest BCUT2D eigenvalue weighted by molar-refractivity contribution is 5.77. The number of aromatic nitrogens is 4. The summed E-state index contributed by atoms with van der Waals surface area (Å²) in [7, 11) is 0. The van der Waals surface area contributed by atoms with Crippen LogP contribution >= 0.6 is 0 Å². The third-order valence-corrected chi connectivity index (χ3v) is 4.96. The first kappa shape index (κ1) is 15.9. The van der Waals surface area contributed by atoms with E-state index in [1.807, 2.05) is 34.8 Å². The molecule has 3 aromatic rings. The molecule has 0 unspecified atom stereocenters. The second kappa shape index (κ2) is 6.70. The van der Waals surface area contributed by atoms with Gasteiger partial charge in [-0.15, -0.1) is 0 Å². The molecule has 1 saturated heterocycles. The van der Waals surface area contributed by atoms with Crippen LogP contribution < -0.4 is 0 Å². The van der Waals surface area contributed by atoms with E-state index in [1.165, 1.54) is 5.69 Å². The molecule has 130 valence electrons. The lowest BCUT2D eigenvalue weighted by Crippen LogP contribution is -2.39. The number of aryl methyl sites for hydroxylation is 2. The Kier molecular flexibility index (Phi) is 4.26. The van der Waals surface area contributed by atoms with Crippen molar-refractivity contribution >= 4 is 16.9 Å². The molecular weight excluding hydrogens is 314 g/mol.